The van der Waals surface area contributed by atoms with E-state index in [1.807, 2.05) is 10.9 Å². The Morgan fingerprint density at radius 3 is 2.72 bits per heavy atom. The average molecular weight is 253 g/mol. The zero-order chi connectivity index (χ0) is 13.6. The standard InChI is InChI=1S/C14H27N3O/c1-12(2)17-8-6-13(16-17)10-15-11-14(3,4)7-9-18-5/h6,8,12,15H,7,9-11H2,1-5H3. The van der Waals surface area contributed by atoms with Gasteiger partial charge < -0.3 is 10.1 Å². The number of nitrogens with one attached hydrogen (secondary N) is 1. The highest BCUT2D eigenvalue weighted by Gasteiger charge is 2.16. The number of hydrogen-bond donors (Lipinski definition) is 1. The van der Waals surface area contributed by atoms with E-state index in [1.165, 1.54) is 0 Å². The minimum Gasteiger partial charge on any atom is -0.385 e. The molecule has 1 N–H and O–H groups in total. The van der Waals surface area contributed by atoms with Gasteiger partial charge in [0.1, 0.15) is 0 Å². The van der Waals surface area contributed by atoms with Crippen LogP contribution in [0.4, 0.5) is 0 Å². The van der Waals surface area contributed by atoms with E-state index in [1.54, 1.807) is 7.11 Å². The molecular formula is C14H27N3O. The lowest BCUT2D eigenvalue weighted by Gasteiger charge is -2.24. The van der Waals surface area contributed by atoms with E-state index < -0.39 is 0 Å². The molecule has 0 unspecified atom stereocenters. The summed E-state index contributed by atoms with van der Waals surface area (Å²) in [5, 5.41) is 7.99. The van der Waals surface area contributed by atoms with Gasteiger partial charge in [0, 0.05) is 39.0 Å². The molecule has 1 heterocycles. The van der Waals surface area contributed by atoms with Gasteiger partial charge in [0.25, 0.3) is 0 Å². The molecule has 1 aromatic rings. The SMILES string of the molecule is COCCC(C)(C)CNCc1ccn(C(C)C)n1. The summed E-state index contributed by atoms with van der Waals surface area (Å²) < 4.78 is 7.12. The van der Waals surface area contributed by atoms with E-state index in [0.717, 1.165) is 31.8 Å². The molecule has 0 spiro atoms. The normalized spacial score (nSPS) is 12.3. The van der Waals surface area contributed by atoms with Crippen LogP contribution in [0, 0.1) is 5.41 Å². The molecule has 18 heavy (non-hydrogen) atoms. The van der Waals surface area contributed by atoms with E-state index in [0.29, 0.717) is 6.04 Å². The molecule has 1 aromatic heterocycles. The molecule has 0 aliphatic heterocycles. The number of ether oxygens (including phenoxy) is 1. The minimum absolute atomic E-state index is 0.261. The summed E-state index contributed by atoms with van der Waals surface area (Å²) in [6, 6.07) is 2.51. The Morgan fingerprint density at radius 2 is 2.17 bits per heavy atom. The molecule has 0 saturated heterocycles. The fourth-order valence-corrected chi connectivity index (χ4v) is 1.75. The van der Waals surface area contributed by atoms with Gasteiger partial charge in [-0.2, -0.15) is 5.10 Å². The van der Waals surface area contributed by atoms with Crippen LogP contribution in [-0.2, 0) is 11.3 Å². The molecule has 0 aromatic carbocycles. The maximum atomic E-state index is 5.13. The zero-order valence-electron chi connectivity index (χ0n) is 12.4. The van der Waals surface area contributed by atoms with Crippen LogP contribution in [0.3, 0.4) is 0 Å². The molecule has 0 aliphatic carbocycles. The first-order chi connectivity index (χ1) is 8.44. The van der Waals surface area contributed by atoms with Crippen LogP contribution < -0.4 is 5.32 Å². The molecule has 104 valence electrons. The molecule has 0 bridgehead atoms. The highest BCUT2D eigenvalue weighted by Crippen LogP contribution is 2.18. The van der Waals surface area contributed by atoms with Crippen molar-refractivity contribution in [1.82, 2.24) is 15.1 Å². The van der Waals surface area contributed by atoms with Crippen molar-refractivity contribution in [3.63, 3.8) is 0 Å². The van der Waals surface area contributed by atoms with Crippen molar-refractivity contribution in [2.24, 2.45) is 5.41 Å². The molecule has 0 fully saturated rings. The topological polar surface area (TPSA) is 39.1 Å². The van der Waals surface area contributed by atoms with Crippen molar-refractivity contribution in [2.45, 2.75) is 46.7 Å². The van der Waals surface area contributed by atoms with Crippen molar-refractivity contribution in [3.05, 3.63) is 18.0 Å². The van der Waals surface area contributed by atoms with Gasteiger partial charge in [-0.05, 0) is 31.7 Å². The van der Waals surface area contributed by atoms with Gasteiger partial charge in [-0.3, -0.25) is 4.68 Å². The second-order valence-electron chi connectivity index (χ2n) is 5.89. The first-order valence-electron chi connectivity index (χ1n) is 6.68. The number of rotatable bonds is 8. The van der Waals surface area contributed by atoms with Crippen molar-refractivity contribution in [2.75, 3.05) is 20.3 Å². The van der Waals surface area contributed by atoms with Crippen molar-refractivity contribution in [1.29, 1.82) is 0 Å². The molecule has 1 rings (SSSR count). The van der Waals surface area contributed by atoms with Crippen LogP contribution in [0.25, 0.3) is 0 Å². The van der Waals surface area contributed by atoms with Crippen molar-refractivity contribution < 1.29 is 4.74 Å². The molecule has 0 atom stereocenters. The van der Waals surface area contributed by atoms with Gasteiger partial charge in [0.15, 0.2) is 0 Å². The van der Waals surface area contributed by atoms with Gasteiger partial charge in [0.05, 0.1) is 5.69 Å². The summed E-state index contributed by atoms with van der Waals surface area (Å²) in [5.74, 6) is 0. The highest BCUT2D eigenvalue weighted by atomic mass is 16.5. The fraction of sp³-hybridized carbons (Fsp3) is 0.786. The predicted molar refractivity (Wildman–Crippen MR) is 74.6 cm³/mol. The van der Waals surface area contributed by atoms with Crippen LogP contribution in [0.1, 0.15) is 45.9 Å². The lowest BCUT2D eigenvalue weighted by molar-refractivity contribution is 0.150. The smallest absolute Gasteiger partial charge is 0.0762 e. The lowest BCUT2D eigenvalue weighted by atomic mass is 9.90. The Hall–Kier alpha value is -0.870. The number of hydrogen-bond acceptors (Lipinski definition) is 3. The van der Waals surface area contributed by atoms with Crippen LogP contribution in [0.5, 0.6) is 0 Å². The predicted octanol–water partition coefficient (Wildman–Crippen LogP) is 2.62. The molecule has 0 aliphatic rings. The maximum absolute atomic E-state index is 5.13. The van der Waals surface area contributed by atoms with Gasteiger partial charge in [-0.1, -0.05) is 13.8 Å². The van der Waals surface area contributed by atoms with Crippen LogP contribution in [-0.4, -0.2) is 30.0 Å². The lowest BCUT2D eigenvalue weighted by Crippen LogP contribution is -2.30. The quantitative estimate of drug-likeness (QED) is 0.774. The molecule has 4 nitrogen and oxygen atoms in total. The summed E-state index contributed by atoms with van der Waals surface area (Å²) in [5.41, 5.74) is 1.36. The first-order valence-corrected chi connectivity index (χ1v) is 6.68. The van der Waals surface area contributed by atoms with E-state index in [9.17, 15) is 0 Å². The monoisotopic (exact) mass is 253 g/mol. The molecule has 0 radical (unpaired) electrons. The summed E-state index contributed by atoms with van der Waals surface area (Å²) in [7, 11) is 1.75. The Kier molecular flexibility index (Phi) is 5.82. The minimum atomic E-state index is 0.261. The molecular weight excluding hydrogens is 226 g/mol. The third-order valence-electron chi connectivity index (χ3n) is 3.09. The fourth-order valence-electron chi connectivity index (χ4n) is 1.75. The van der Waals surface area contributed by atoms with E-state index in [2.05, 4.69) is 44.2 Å². The summed E-state index contributed by atoms with van der Waals surface area (Å²) in [6.07, 6.45) is 3.11. The zero-order valence-corrected chi connectivity index (χ0v) is 12.4. The summed E-state index contributed by atoms with van der Waals surface area (Å²) >= 11 is 0. The van der Waals surface area contributed by atoms with Crippen LogP contribution in [0.2, 0.25) is 0 Å². The summed E-state index contributed by atoms with van der Waals surface area (Å²) in [6.45, 7) is 11.4. The largest absolute Gasteiger partial charge is 0.385 e. The molecule has 0 saturated carbocycles. The maximum Gasteiger partial charge on any atom is 0.0762 e. The van der Waals surface area contributed by atoms with E-state index in [4.69, 9.17) is 4.74 Å². The van der Waals surface area contributed by atoms with Gasteiger partial charge in [0.2, 0.25) is 0 Å². The second-order valence-corrected chi connectivity index (χ2v) is 5.89. The number of methoxy groups -OCH3 is 1. The Labute approximate surface area is 111 Å². The van der Waals surface area contributed by atoms with Gasteiger partial charge in [-0.15, -0.1) is 0 Å². The Balaban J connectivity index is 2.32. The Bertz CT molecular complexity index is 345. The first kappa shape index (κ1) is 15.2. The summed E-state index contributed by atoms with van der Waals surface area (Å²) in [4.78, 5) is 0. The second kappa shape index (κ2) is 6.90. The number of aromatic nitrogens is 2. The van der Waals surface area contributed by atoms with E-state index in [-0.39, 0.29) is 5.41 Å². The van der Waals surface area contributed by atoms with Crippen LogP contribution >= 0.6 is 0 Å². The Morgan fingerprint density at radius 1 is 1.44 bits per heavy atom. The third-order valence-corrected chi connectivity index (χ3v) is 3.09. The van der Waals surface area contributed by atoms with E-state index >= 15 is 0 Å². The third kappa shape index (κ3) is 5.19. The number of nitrogens with zero attached hydrogens (tertiary/aromatic N) is 2. The van der Waals surface area contributed by atoms with Crippen LogP contribution in [0.15, 0.2) is 12.3 Å². The van der Waals surface area contributed by atoms with Gasteiger partial charge in [-0.25, -0.2) is 0 Å². The van der Waals surface area contributed by atoms with Crippen molar-refractivity contribution in [3.8, 4) is 0 Å². The molecule has 0 amide bonds. The molecule has 4 heteroatoms. The highest BCUT2D eigenvalue weighted by molar-refractivity contribution is 4.99. The van der Waals surface area contributed by atoms with Gasteiger partial charge >= 0.3 is 0 Å². The van der Waals surface area contributed by atoms with Crippen molar-refractivity contribution >= 4 is 0 Å². The average Bonchev–Trinajstić information content (AvgIpc) is 2.75.